The van der Waals surface area contributed by atoms with Crippen LogP contribution in [0, 0.1) is 0 Å². The smallest absolute Gasteiger partial charge is 0.132 e. The van der Waals surface area contributed by atoms with E-state index in [-0.39, 0.29) is 5.38 Å². The Morgan fingerprint density at radius 3 is 2.65 bits per heavy atom. The van der Waals surface area contributed by atoms with Crippen molar-refractivity contribution < 1.29 is 0 Å². The van der Waals surface area contributed by atoms with Gasteiger partial charge >= 0.3 is 0 Å². The van der Waals surface area contributed by atoms with Gasteiger partial charge < -0.3 is 0 Å². The van der Waals surface area contributed by atoms with Gasteiger partial charge in [0.25, 0.3) is 0 Å². The lowest BCUT2D eigenvalue weighted by Gasteiger charge is -2.11. The Bertz CT molecular complexity index is 780. The van der Waals surface area contributed by atoms with E-state index in [1.54, 1.807) is 24.5 Å². The lowest BCUT2D eigenvalue weighted by atomic mass is 10.3. The summed E-state index contributed by atoms with van der Waals surface area (Å²) in [4.78, 5) is 8.62. The summed E-state index contributed by atoms with van der Waals surface area (Å²) in [7, 11) is 0. The standard InChI is InChI=1S/C14H10Cl3N3/c1-8(15)14-19-12-7-18-5-4-13(12)20(14)9-2-3-10(16)11(17)6-9/h2-8H,1H3. The number of aromatic nitrogens is 3. The number of hydrogen-bond donors (Lipinski definition) is 0. The molecule has 3 nitrogen and oxygen atoms in total. The van der Waals surface area contributed by atoms with E-state index < -0.39 is 0 Å². The maximum absolute atomic E-state index is 6.24. The molecular weight excluding hydrogens is 317 g/mol. The first-order valence-electron chi connectivity index (χ1n) is 6.00. The topological polar surface area (TPSA) is 30.7 Å². The van der Waals surface area contributed by atoms with E-state index in [1.165, 1.54) is 0 Å². The summed E-state index contributed by atoms with van der Waals surface area (Å²) in [5.41, 5.74) is 2.59. The maximum Gasteiger partial charge on any atom is 0.132 e. The van der Waals surface area contributed by atoms with Gasteiger partial charge in [-0.2, -0.15) is 0 Å². The predicted octanol–water partition coefficient (Wildman–Crippen LogP) is 5.03. The monoisotopic (exact) mass is 325 g/mol. The number of nitrogens with zero attached hydrogens (tertiary/aromatic N) is 3. The SMILES string of the molecule is CC(Cl)c1nc2cnccc2n1-c1ccc(Cl)c(Cl)c1. The zero-order chi connectivity index (χ0) is 14.3. The van der Waals surface area contributed by atoms with Crippen molar-refractivity contribution in [1.82, 2.24) is 14.5 Å². The van der Waals surface area contributed by atoms with E-state index in [0.717, 1.165) is 22.5 Å². The van der Waals surface area contributed by atoms with Crippen molar-refractivity contribution in [3.63, 3.8) is 0 Å². The summed E-state index contributed by atoms with van der Waals surface area (Å²) in [5, 5.41) is 0.770. The fraction of sp³-hybridized carbons (Fsp3) is 0.143. The van der Waals surface area contributed by atoms with Crippen LogP contribution in [-0.4, -0.2) is 14.5 Å². The summed E-state index contributed by atoms with van der Waals surface area (Å²) in [5.74, 6) is 0.744. The molecule has 1 unspecified atom stereocenters. The maximum atomic E-state index is 6.24. The van der Waals surface area contributed by atoms with Gasteiger partial charge in [0.05, 0.1) is 27.1 Å². The molecule has 0 bridgehead atoms. The molecule has 20 heavy (non-hydrogen) atoms. The molecule has 102 valence electrons. The molecule has 0 spiro atoms. The largest absolute Gasteiger partial charge is 0.295 e. The van der Waals surface area contributed by atoms with Gasteiger partial charge in [-0.3, -0.25) is 9.55 Å². The highest BCUT2D eigenvalue weighted by atomic mass is 35.5. The van der Waals surface area contributed by atoms with Gasteiger partial charge in [-0.25, -0.2) is 4.98 Å². The number of imidazole rings is 1. The average molecular weight is 327 g/mol. The Kier molecular flexibility index (Phi) is 3.59. The molecule has 0 aliphatic heterocycles. The highest BCUT2D eigenvalue weighted by Gasteiger charge is 2.16. The average Bonchev–Trinajstić information content (AvgIpc) is 2.81. The molecule has 0 aliphatic rings. The molecule has 2 aromatic heterocycles. The van der Waals surface area contributed by atoms with Crippen molar-refractivity contribution in [2.24, 2.45) is 0 Å². The second kappa shape index (κ2) is 5.24. The summed E-state index contributed by atoms with van der Waals surface area (Å²) in [6.45, 7) is 1.88. The number of fused-ring (bicyclic) bond motifs is 1. The molecule has 6 heteroatoms. The zero-order valence-corrected chi connectivity index (χ0v) is 12.8. The third kappa shape index (κ3) is 2.26. The molecule has 0 saturated carbocycles. The molecule has 0 N–H and O–H groups in total. The Morgan fingerprint density at radius 1 is 1.15 bits per heavy atom. The van der Waals surface area contributed by atoms with Crippen molar-refractivity contribution in [2.45, 2.75) is 12.3 Å². The van der Waals surface area contributed by atoms with E-state index >= 15 is 0 Å². The van der Waals surface area contributed by atoms with Gasteiger partial charge in [0.2, 0.25) is 0 Å². The molecular formula is C14H10Cl3N3. The zero-order valence-electron chi connectivity index (χ0n) is 10.5. The second-order valence-electron chi connectivity index (χ2n) is 4.38. The molecule has 1 atom stereocenters. The number of alkyl halides is 1. The first-order chi connectivity index (χ1) is 9.58. The molecule has 1 aromatic carbocycles. The highest BCUT2D eigenvalue weighted by molar-refractivity contribution is 6.42. The van der Waals surface area contributed by atoms with Gasteiger partial charge in [0.1, 0.15) is 11.3 Å². The molecule has 0 aliphatic carbocycles. The predicted molar refractivity (Wildman–Crippen MR) is 83.2 cm³/mol. The van der Waals surface area contributed by atoms with Gasteiger partial charge in [-0.05, 0) is 31.2 Å². The van der Waals surface area contributed by atoms with Crippen LogP contribution >= 0.6 is 34.8 Å². The van der Waals surface area contributed by atoms with Crippen LogP contribution in [0.15, 0.2) is 36.7 Å². The first-order valence-corrected chi connectivity index (χ1v) is 7.19. The van der Waals surface area contributed by atoms with E-state index in [4.69, 9.17) is 34.8 Å². The molecule has 0 fully saturated rings. The number of rotatable bonds is 2. The lowest BCUT2D eigenvalue weighted by molar-refractivity contribution is 0.882. The second-order valence-corrected chi connectivity index (χ2v) is 5.85. The molecule has 0 radical (unpaired) electrons. The van der Waals surface area contributed by atoms with Crippen molar-refractivity contribution >= 4 is 45.8 Å². The summed E-state index contributed by atoms with van der Waals surface area (Å²) in [6.07, 6.45) is 3.44. The van der Waals surface area contributed by atoms with E-state index in [0.29, 0.717) is 10.0 Å². The van der Waals surface area contributed by atoms with Gasteiger partial charge in [-0.1, -0.05) is 23.2 Å². The molecule has 3 aromatic rings. The van der Waals surface area contributed by atoms with Gasteiger partial charge in [0, 0.05) is 11.9 Å². The fourth-order valence-electron chi connectivity index (χ4n) is 2.11. The van der Waals surface area contributed by atoms with Crippen molar-refractivity contribution in [2.75, 3.05) is 0 Å². The number of benzene rings is 1. The number of pyridine rings is 1. The van der Waals surface area contributed by atoms with Crippen molar-refractivity contribution in [3.8, 4) is 5.69 Å². The summed E-state index contributed by atoms with van der Waals surface area (Å²) >= 11 is 18.3. The van der Waals surface area contributed by atoms with Crippen LogP contribution in [0.1, 0.15) is 18.1 Å². The van der Waals surface area contributed by atoms with Crippen LogP contribution in [0.5, 0.6) is 0 Å². The third-order valence-corrected chi connectivity index (χ3v) is 3.93. The van der Waals surface area contributed by atoms with Gasteiger partial charge in [0.15, 0.2) is 0 Å². The van der Waals surface area contributed by atoms with Crippen LogP contribution in [0.25, 0.3) is 16.7 Å². The molecule has 0 amide bonds. The highest BCUT2D eigenvalue weighted by Crippen LogP contribution is 2.30. The Hall–Kier alpha value is -1.29. The number of hydrogen-bond acceptors (Lipinski definition) is 2. The number of halogens is 3. The normalized spacial score (nSPS) is 12.8. The van der Waals surface area contributed by atoms with Crippen LogP contribution in [0.4, 0.5) is 0 Å². The van der Waals surface area contributed by atoms with Gasteiger partial charge in [-0.15, -0.1) is 11.6 Å². The van der Waals surface area contributed by atoms with Crippen LogP contribution in [0.3, 0.4) is 0 Å². The first kappa shape index (κ1) is 13.7. The van der Waals surface area contributed by atoms with Crippen LogP contribution < -0.4 is 0 Å². The van der Waals surface area contributed by atoms with Crippen molar-refractivity contribution in [3.05, 3.63) is 52.5 Å². The minimum absolute atomic E-state index is 0.239. The van der Waals surface area contributed by atoms with Crippen LogP contribution in [-0.2, 0) is 0 Å². The van der Waals surface area contributed by atoms with E-state index in [9.17, 15) is 0 Å². The summed E-state index contributed by atoms with van der Waals surface area (Å²) in [6, 6.07) is 7.34. The Morgan fingerprint density at radius 2 is 1.95 bits per heavy atom. The quantitative estimate of drug-likeness (QED) is 0.619. The van der Waals surface area contributed by atoms with E-state index in [2.05, 4.69) is 9.97 Å². The molecule has 3 rings (SSSR count). The molecule has 2 heterocycles. The fourth-order valence-corrected chi connectivity index (χ4v) is 2.55. The molecule has 0 saturated heterocycles. The van der Waals surface area contributed by atoms with Crippen LogP contribution in [0.2, 0.25) is 10.0 Å². The minimum Gasteiger partial charge on any atom is -0.295 e. The lowest BCUT2D eigenvalue weighted by Crippen LogP contribution is -2.01. The summed E-state index contributed by atoms with van der Waals surface area (Å²) < 4.78 is 1.97. The Labute approximate surface area is 131 Å². The van der Waals surface area contributed by atoms with Crippen molar-refractivity contribution in [1.29, 1.82) is 0 Å². The Balaban J connectivity index is 2.33. The minimum atomic E-state index is -0.239. The third-order valence-electron chi connectivity index (χ3n) is 3.00. The van der Waals surface area contributed by atoms with E-state index in [1.807, 2.05) is 23.6 Å².